The molecule has 8 nitrogen and oxygen atoms in total. The zero-order valence-corrected chi connectivity index (χ0v) is 16.2. The van der Waals surface area contributed by atoms with Gasteiger partial charge in [0.2, 0.25) is 0 Å². The average Bonchev–Trinajstić information content (AvgIpc) is 3.15. The molecule has 0 saturated carbocycles. The summed E-state index contributed by atoms with van der Waals surface area (Å²) in [5, 5.41) is 0. The summed E-state index contributed by atoms with van der Waals surface area (Å²) in [5.74, 6) is -2.15. The lowest BCUT2D eigenvalue weighted by atomic mass is 10.1. The van der Waals surface area contributed by atoms with E-state index in [1.165, 1.54) is 0 Å². The normalized spacial score (nSPS) is 47.2. The van der Waals surface area contributed by atoms with Crippen LogP contribution in [0.25, 0.3) is 0 Å². The Bertz CT molecular complexity index is 515. The van der Waals surface area contributed by atoms with Crippen LogP contribution in [0.5, 0.6) is 0 Å². The first-order chi connectivity index (χ1) is 12.2. The van der Waals surface area contributed by atoms with Crippen LogP contribution in [-0.2, 0) is 38.2 Å². The van der Waals surface area contributed by atoms with E-state index in [1.807, 2.05) is 34.6 Å². The second kappa shape index (κ2) is 6.63. The first kappa shape index (κ1) is 19.0. The predicted molar refractivity (Wildman–Crippen MR) is 87.8 cm³/mol. The molecule has 0 aromatic rings. The largest absolute Gasteiger partial charge is 0.348 e. The molecule has 4 aliphatic rings. The quantitative estimate of drug-likeness (QED) is 0.548. The third-order valence-corrected chi connectivity index (χ3v) is 5.19. The molecule has 0 amide bonds. The second-order valence-corrected chi connectivity index (χ2v) is 8.52. The standard InChI is InChI=1S/C18H30O8/c1-16(2)20-10-11(22-16)12-13(14-15(21-12)24-17(3,4)23-14)25-26-18(5)8-6-7-9-19-18/h11-15H,6-10H2,1-5H3/t11-,12-,13-,14?,15?,18?/m1/s1. The van der Waals surface area contributed by atoms with Crippen LogP contribution < -0.4 is 0 Å². The maximum Gasteiger partial charge on any atom is 0.198 e. The Hall–Kier alpha value is -0.320. The molecular formula is C18H30O8. The van der Waals surface area contributed by atoms with E-state index in [-0.39, 0.29) is 6.10 Å². The fourth-order valence-electron chi connectivity index (χ4n) is 3.92. The van der Waals surface area contributed by atoms with Crippen LogP contribution >= 0.6 is 0 Å². The summed E-state index contributed by atoms with van der Waals surface area (Å²) in [4.78, 5) is 11.6. The van der Waals surface area contributed by atoms with E-state index in [9.17, 15) is 0 Å². The smallest absolute Gasteiger partial charge is 0.198 e. The Morgan fingerprint density at radius 2 is 1.65 bits per heavy atom. The van der Waals surface area contributed by atoms with Crippen molar-refractivity contribution in [2.24, 2.45) is 0 Å². The minimum absolute atomic E-state index is 0.292. The van der Waals surface area contributed by atoms with Gasteiger partial charge in [-0.3, -0.25) is 0 Å². The molecule has 26 heavy (non-hydrogen) atoms. The average molecular weight is 374 g/mol. The molecule has 0 aliphatic carbocycles. The molecule has 0 aromatic carbocycles. The molecule has 150 valence electrons. The van der Waals surface area contributed by atoms with Gasteiger partial charge in [0.25, 0.3) is 0 Å². The molecule has 6 atom stereocenters. The van der Waals surface area contributed by atoms with Crippen molar-refractivity contribution in [3.05, 3.63) is 0 Å². The number of ether oxygens (including phenoxy) is 6. The first-order valence-corrected chi connectivity index (χ1v) is 9.48. The monoisotopic (exact) mass is 374 g/mol. The van der Waals surface area contributed by atoms with Gasteiger partial charge in [-0.05, 0) is 47.5 Å². The van der Waals surface area contributed by atoms with Crippen LogP contribution in [0, 0.1) is 0 Å². The van der Waals surface area contributed by atoms with E-state index in [1.54, 1.807) is 0 Å². The van der Waals surface area contributed by atoms with E-state index in [0.717, 1.165) is 19.3 Å². The van der Waals surface area contributed by atoms with Crippen molar-refractivity contribution in [1.82, 2.24) is 0 Å². The van der Waals surface area contributed by atoms with E-state index >= 15 is 0 Å². The summed E-state index contributed by atoms with van der Waals surface area (Å²) >= 11 is 0. The lowest BCUT2D eigenvalue weighted by Gasteiger charge is -2.34. The topological polar surface area (TPSA) is 73.8 Å². The van der Waals surface area contributed by atoms with Gasteiger partial charge >= 0.3 is 0 Å². The molecule has 4 rings (SSSR count). The van der Waals surface area contributed by atoms with Gasteiger partial charge in [-0.25, -0.2) is 9.78 Å². The molecule has 4 aliphatic heterocycles. The number of fused-ring (bicyclic) bond motifs is 1. The van der Waals surface area contributed by atoms with Crippen molar-refractivity contribution in [1.29, 1.82) is 0 Å². The van der Waals surface area contributed by atoms with E-state index in [4.69, 9.17) is 38.2 Å². The summed E-state index contributed by atoms with van der Waals surface area (Å²) < 4.78 is 35.4. The van der Waals surface area contributed by atoms with Crippen molar-refractivity contribution >= 4 is 0 Å². The maximum atomic E-state index is 6.09. The molecule has 0 aromatic heterocycles. The van der Waals surface area contributed by atoms with Crippen molar-refractivity contribution in [2.75, 3.05) is 13.2 Å². The molecule has 3 unspecified atom stereocenters. The number of hydrogen-bond acceptors (Lipinski definition) is 8. The minimum Gasteiger partial charge on any atom is -0.348 e. The fourth-order valence-corrected chi connectivity index (χ4v) is 3.92. The van der Waals surface area contributed by atoms with Gasteiger partial charge in [-0.1, -0.05) is 0 Å². The third kappa shape index (κ3) is 3.79. The van der Waals surface area contributed by atoms with Crippen molar-refractivity contribution in [3.8, 4) is 0 Å². The highest BCUT2D eigenvalue weighted by Gasteiger charge is 2.60. The summed E-state index contributed by atoms with van der Waals surface area (Å²) in [6.07, 6.45) is 0.688. The van der Waals surface area contributed by atoms with Crippen molar-refractivity contribution in [2.45, 2.75) is 102 Å². The van der Waals surface area contributed by atoms with Gasteiger partial charge in [0.05, 0.1) is 13.2 Å². The molecule has 8 heteroatoms. The summed E-state index contributed by atoms with van der Waals surface area (Å²) in [6, 6.07) is 0. The highest BCUT2D eigenvalue weighted by atomic mass is 17.2. The SMILES string of the molecule is CC1(C)OC2O[C@H]([C@H]3COC(C)(C)O3)[C@@H](OOC3(C)CCCCO3)C2O1. The first-order valence-electron chi connectivity index (χ1n) is 9.48. The summed E-state index contributed by atoms with van der Waals surface area (Å²) in [5.41, 5.74) is 0. The molecule has 4 fully saturated rings. The zero-order valence-electron chi connectivity index (χ0n) is 16.2. The predicted octanol–water partition coefficient (Wildman–Crippen LogP) is 2.25. The highest BCUT2D eigenvalue weighted by molar-refractivity contribution is 4.98. The van der Waals surface area contributed by atoms with Crippen LogP contribution in [0.4, 0.5) is 0 Å². The number of hydrogen-bond donors (Lipinski definition) is 0. The van der Waals surface area contributed by atoms with E-state index < -0.39 is 42.0 Å². The van der Waals surface area contributed by atoms with Gasteiger partial charge in [0, 0.05) is 6.42 Å². The molecule has 4 heterocycles. The Labute approximate surface area is 154 Å². The van der Waals surface area contributed by atoms with Crippen molar-refractivity contribution < 1.29 is 38.2 Å². The van der Waals surface area contributed by atoms with Crippen LogP contribution in [0.2, 0.25) is 0 Å². The van der Waals surface area contributed by atoms with Gasteiger partial charge < -0.3 is 28.4 Å². The van der Waals surface area contributed by atoms with Gasteiger partial charge in [-0.2, -0.15) is 0 Å². The van der Waals surface area contributed by atoms with Gasteiger partial charge in [0.1, 0.15) is 18.3 Å². The Morgan fingerprint density at radius 3 is 2.31 bits per heavy atom. The van der Waals surface area contributed by atoms with Crippen molar-refractivity contribution in [3.63, 3.8) is 0 Å². The van der Waals surface area contributed by atoms with Crippen LogP contribution in [0.15, 0.2) is 0 Å². The number of rotatable bonds is 4. The van der Waals surface area contributed by atoms with Crippen LogP contribution in [0.3, 0.4) is 0 Å². The summed E-state index contributed by atoms with van der Waals surface area (Å²) in [7, 11) is 0. The molecule has 0 radical (unpaired) electrons. The van der Waals surface area contributed by atoms with Crippen LogP contribution in [0.1, 0.15) is 53.9 Å². The zero-order chi connectivity index (χ0) is 18.6. The molecule has 0 bridgehead atoms. The summed E-state index contributed by atoms with van der Waals surface area (Å²) in [6.45, 7) is 10.4. The molecule has 0 N–H and O–H groups in total. The lowest BCUT2D eigenvalue weighted by molar-refractivity contribution is -0.456. The Morgan fingerprint density at radius 1 is 0.846 bits per heavy atom. The minimum atomic E-state index is -0.762. The molecule has 0 spiro atoms. The van der Waals surface area contributed by atoms with Gasteiger partial charge in [0.15, 0.2) is 29.8 Å². The molecule has 4 saturated heterocycles. The second-order valence-electron chi connectivity index (χ2n) is 8.52. The Balaban J connectivity index is 1.47. The third-order valence-electron chi connectivity index (χ3n) is 5.19. The fraction of sp³-hybridized carbons (Fsp3) is 1.00. The van der Waals surface area contributed by atoms with Crippen LogP contribution in [-0.4, -0.2) is 61.3 Å². The Kier molecular flexibility index (Phi) is 4.85. The highest BCUT2D eigenvalue weighted by Crippen LogP contribution is 2.42. The van der Waals surface area contributed by atoms with E-state index in [0.29, 0.717) is 13.2 Å². The van der Waals surface area contributed by atoms with Gasteiger partial charge in [-0.15, -0.1) is 0 Å². The maximum absolute atomic E-state index is 6.09. The van der Waals surface area contributed by atoms with E-state index in [2.05, 4.69) is 0 Å². The lowest BCUT2D eigenvalue weighted by Crippen LogP contribution is -2.46. The molecular weight excluding hydrogens is 344 g/mol.